The first-order valence-electron chi connectivity index (χ1n) is 4.65. The molecule has 1 aliphatic carbocycles. The van der Waals surface area contributed by atoms with Crippen molar-refractivity contribution in [3.63, 3.8) is 0 Å². The van der Waals surface area contributed by atoms with Gasteiger partial charge in [0.1, 0.15) is 0 Å². The van der Waals surface area contributed by atoms with Gasteiger partial charge in [-0.15, -0.1) is 0 Å². The lowest BCUT2D eigenvalue weighted by Gasteiger charge is -1.99. The van der Waals surface area contributed by atoms with E-state index in [1.54, 1.807) is 0 Å². The van der Waals surface area contributed by atoms with E-state index in [0.717, 1.165) is 6.42 Å². The first kappa shape index (κ1) is 7.81. The number of rotatable bonds is 2. The highest BCUT2D eigenvalue weighted by Crippen LogP contribution is 2.38. The van der Waals surface area contributed by atoms with Gasteiger partial charge in [-0.1, -0.05) is 31.2 Å². The largest absolute Gasteiger partial charge is 0.327 e. The van der Waals surface area contributed by atoms with Crippen LogP contribution in [0.25, 0.3) is 0 Å². The van der Waals surface area contributed by atoms with Crippen molar-refractivity contribution in [2.75, 3.05) is 0 Å². The molecular formula is C11H15N. The summed E-state index contributed by atoms with van der Waals surface area (Å²) < 4.78 is 0. The van der Waals surface area contributed by atoms with Crippen LogP contribution in [-0.2, 0) is 6.42 Å². The van der Waals surface area contributed by atoms with E-state index in [-0.39, 0.29) is 0 Å². The van der Waals surface area contributed by atoms with E-state index in [9.17, 15) is 0 Å². The van der Waals surface area contributed by atoms with E-state index in [0.29, 0.717) is 12.0 Å². The van der Waals surface area contributed by atoms with Gasteiger partial charge in [-0.25, -0.2) is 0 Å². The fourth-order valence-corrected chi connectivity index (χ4v) is 1.60. The fraction of sp³-hybridized carbons (Fsp3) is 0.455. The van der Waals surface area contributed by atoms with Gasteiger partial charge in [0, 0.05) is 12.0 Å². The summed E-state index contributed by atoms with van der Waals surface area (Å²) in [4.78, 5) is 0. The molecule has 1 heteroatoms. The molecule has 0 heterocycles. The van der Waals surface area contributed by atoms with Crippen molar-refractivity contribution in [2.24, 2.45) is 5.73 Å². The third-order valence-electron chi connectivity index (χ3n) is 2.66. The maximum atomic E-state index is 5.77. The Morgan fingerprint density at radius 2 is 1.92 bits per heavy atom. The van der Waals surface area contributed by atoms with Gasteiger partial charge in [0.15, 0.2) is 0 Å². The predicted molar refractivity (Wildman–Crippen MR) is 51.2 cm³/mol. The summed E-state index contributed by atoms with van der Waals surface area (Å²) in [7, 11) is 0. The standard InChI is InChI=1S/C11H15N/c1-2-8-3-5-9(6-4-8)10-7-11(10)12/h3-6,10-11H,2,7,12H2,1H3/t10-,11+/m1/s1. The number of aryl methyl sites for hydroxylation is 1. The lowest BCUT2D eigenvalue weighted by atomic mass is 10.1. The predicted octanol–water partition coefficient (Wildman–Crippen LogP) is 2.06. The normalized spacial score (nSPS) is 27.2. The summed E-state index contributed by atoms with van der Waals surface area (Å²) in [5, 5.41) is 0. The van der Waals surface area contributed by atoms with Gasteiger partial charge in [-0.2, -0.15) is 0 Å². The first-order chi connectivity index (χ1) is 5.81. The summed E-state index contributed by atoms with van der Waals surface area (Å²) in [5.74, 6) is 0.649. The summed E-state index contributed by atoms with van der Waals surface area (Å²) >= 11 is 0. The SMILES string of the molecule is CCc1ccc([C@H]2C[C@@H]2N)cc1. The molecule has 0 spiro atoms. The van der Waals surface area contributed by atoms with E-state index in [1.165, 1.54) is 17.5 Å². The second-order valence-corrected chi connectivity index (χ2v) is 3.60. The van der Waals surface area contributed by atoms with Crippen LogP contribution >= 0.6 is 0 Å². The Bertz CT molecular complexity index is 263. The summed E-state index contributed by atoms with van der Waals surface area (Å²) in [5.41, 5.74) is 8.60. The molecule has 0 radical (unpaired) electrons. The number of hydrogen-bond donors (Lipinski definition) is 1. The Morgan fingerprint density at radius 1 is 1.33 bits per heavy atom. The highest BCUT2D eigenvalue weighted by Gasteiger charge is 2.34. The molecular weight excluding hydrogens is 146 g/mol. The van der Waals surface area contributed by atoms with Crippen molar-refractivity contribution in [1.82, 2.24) is 0 Å². The van der Waals surface area contributed by atoms with E-state index in [4.69, 9.17) is 5.73 Å². The van der Waals surface area contributed by atoms with Crippen LogP contribution in [0.3, 0.4) is 0 Å². The van der Waals surface area contributed by atoms with E-state index in [1.807, 2.05) is 0 Å². The van der Waals surface area contributed by atoms with Crippen molar-refractivity contribution >= 4 is 0 Å². The third kappa shape index (κ3) is 1.37. The molecule has 0 bridgehead atoms. The maximum Gasteiger partial charge on any atom is 0.0115 e. The van der Waals surface area contributed by atoms with Crippen LogP contribution in [-0.4, -0.2) is 6.04 Å². The van der Waals surface area contributed by atoms with Crippen LogP contribution in [0.4, 0.5) is 0 Å². The average Bonchev–Trinajstić information content (AvgIpc) is 2.83. The molecule has 0 aliphatic heterocycles. The molecule has 0 unspecified atom stereocenters. The van der Waals surface area contributed by atoms with Gasteiger partial charge < -0.3 is 5.73 Å². The Morgan fingerprint density at radius 3 is 2.33 bits per heavy atom. The van der Waals surface area contributed by atoms with Crippen LogP contribution in [0, 0.1) is 0 Å². The topological polar surface area (TPSA) is 26.0 Å². The highest BCUT2D eigenvalue weighted by atomic mass is 14.7. The molecule has 64 valence electrons. The Balaban J connectivity index is 2.14. The monoisotopic (exact) mass is 161 g/mol. The number of hydrogen-bond acceptors (Lipinski definition) is 1. The van der Waals surface area contributed by atoms with Gasteiger partial charge in [-0.05, 0) is 24.0 Å². The van der Waals surface area contributed by atoms with Crippen LogP contribution in [0.2, 0.25) is 0 Å². The van der Waals surface area contributed by atoms with Crippen molar-refractivity contribution in [1.29, 1.82) is 0 Å². The number of nitrogens with two attached hydrogens (primary N) is 1. The second-order valence-electron chi connectivity index (χ2n) is 3.60. The van der Waals surface area contributed by atoms with Crippen molar-refractivity contribution in [3.8, 4) is 0 Å². The van der Waals surface area contributed by atoms with Crippen molar-refractivity contribution in [2.45, 2.75) is 31.7 Å². The zero-order valence-corrected chi connectivity index (χ0v) is 7.46. The molecule has 0 aromatic heterocycles. The minimum absolute atomic E-state index is 0.428. The molecule has 0 amide bonds. The molecule has 2 N–H and O–H groups in total. The van der Waals surface area contributed by atoms with Gasteiger partial charge in [0.05, 0.1) is 0 Å². The van der Waals surface area contributed by atoms with E-state index < -0.39 is 0 Å². The van der Waals surface area contributed by atoms with Crippen LogP contribution in [0.5, 0.6) is 0 Å². The lowest BCUT2D eigenvalue weighted by Crippen LogP contribution is -2.00. The molecule has 1 nitrogen and oxygen atoms in total. The van der Waals surface area contributed by atoms with Crippen LogP contribution in [0.1, 0.15) is 30.4 Å². The maximum absolute atomic E-state index is 5.77. The van der Waals surface area contributed by atoms with Gasteiger partial charge in [0.2, 0.25) is 0 Å². The summed E-state index contributed by atoms with van der Waals surface area (Å²) in [6.07, 6.45) is 2.29. The fourth-order valence-electron chi connectivity index (χ4n) is 1.60. The molecule has 2 atom stereocenters. The Hall–Kier alpha value is -0.820. The molecule has 1 aromatic rings. The molecule has 12 heavy (non-hydrogen) atoms. The Kier molecular flexibility index (Phi) is 1.89. The minimum Gasteiger partial charge on any atom is -0.327 e. The van der Waals surface area contributed by atoms with Crippen molar-refractivity contribution in [3.05, 3.63) is 35.4 Å². The molecule has 1 aliphatic rings. The molecule has 0 saturated heterocycles. The van der Waals surface area contributed by atoms with Gasteiger partial charge in [0.25, 0.3) is 0 Å². The molecule has 1 fully saturated rings. The first-order valence-corrected chi connectivity index (χ1v) is 4.65. The smallest absolute Gasteiger partial charge is 0.0115 e. The molecule has 2 rings (SSSR count). The zero-order chi connectivity index (χ0) is 8.55. The highest BCUT2D eigenvalue weighted by molar-refractivity contribution is 5.30. The van der Waals surface area contributed by atoms with Gasteiger partial charge >= 0.3 is 0 Å². The van der Waals surface area contributed by atoms with Crippen LogP contribution in [0.15, 0.2) is 24.3 Å². The van der Waals surface area contributed by atoms with Crippen LogP contribution < -0.4 is 5.73 Å². The quantitative estimate of drug-likeness (QED) is 0.706. The van der Waals surface area contributed by atoms with E-state index >= 15 is 0 Å². The lowest BCUT2D eigenvalue weighted by molar-refractivity contribution is 0.987. The Labute approximate surface area is 73.6 Å². The summed E-state index contributed by atoms with van der Waals surface area (Å²) in [6, 6.07) is 9.28. The summed E-state index contributed by atoms with van der Waals surface area (Å²) in [6.45, 7) is 2.18. The molecule has 1 saturated carbocycles. The molecule has 1 aromatic carbocycles. The van der Waals surface area contributed by atoms with Crippen molar-refractivity contribution < 1.29 is 0 Å². The number of benzene rings is 1. The zero-order valence-electron chi connectivity index (χ0n) is 7.46. The second kappa shape index (κ2) is 2.91. The third-order valence-corrected chi connectivity index (χ3v) is 2.66. The van der Waals surface area contributed by atoms with Gasteiger partial charge in [-0.3, -0.25) is 0 Å². The van der Waals surface area contributed by atoms with E-state index in [2.05, 4.69) is 31.2 Å². The minimum atomic E-state index is 0.428. The average molecular weight is 161 g/mol.